The second kappa shape index (κ2) is 7.79. The molecule has 0 bridgehead atoms. The fourth-order valence-electron chi connectivity index (χ4n) is 2.85. The van der Waals surface area contributed by atoms with Gasteiger partial charge >= 0.3 is 0 Å². The fourth-order valence-corrected chi connectivity index (χ4v) is 2.85. The number of benzene rings is 2. The normalized spacial score (nSPS) is 10.8. The summed E-state index contributed by atoms with van der Waals surface area (Å²) in [4.78, 5) is 24.7. The molecule has 3 aromatic rings. The number of hydrogen-bond acceptors (Lipinski definition) is 2. The highest BCUT2D eigenvalue weighted by Crippen LogP contribution is 2.12. The molecule has 128 valence electrons. The second-order valence-corrected chi connectivity index (χ2v) is 6.18. The lowest BCUT2D eigenvalue weighted by molar-refractivity contribution is -0.116. The number of aryl methyl sites for hydroxylation is 1. The van der Waals surface area contributed by atoms with E-state index in [0.717, 1.165) is 23.9 Å². The van der Waals surface area contributed by atoms with Crippen molar-refractivity contribution in [3.8, 4) is 0 Å². The SMILES string of the molecule is CCCCc1ccc(NC(=O)Cn2ccc3ccccc3c2=O)cc1. The Morgan fingerprint density at radius 3 is 2.56 bits per heavy atom. The smallest absolute Gasteiger partial charge is 0.258 e. The maximum absolute atomic E-state index is 12.4. The first-order valence-corrected chi connectivity index (χ1v) is 8.64. The summed E-state index contributed by atoms with van der Waals surface area (Å²) < 4.78 is 1.44. The Balaban J connectivity index is 1.68. The number of amides is 1. The van der Waals surface area contributed by atoms with Crippen LogP contribution in [0.15, 0.2) is 65.6 Å². The highest BCUT2D eigenvalue weighted by molar-refractivity contribution is 5.91. The number of pyridine rings is 1. The number of unbranched alkanes of at least 4 members (excludes halogenated alkanes) is 1. The highest BCUT2D eigenvalue weighted by atomic mass is 16.2. The van der Waals surface area contributed by atoms with Crippen LogP contribution in [-0.4, -0.2) is 10.5 Å². The zero-order valence-electron chi connectivity index (χ0n) is 14.4. The monoisotopic (exact) mass is 334 g/mol. The molecule has 0 atom stereocenters. The van der Waals surface area contributed by atoms with Gasteiger partial charge in [-0.1, -0.05) is 43.7 Å². The van der Waals surface area contributed by atoms with Crippen molar-refractivity contribution in [1.29, 1.82) is 0 Å². The predicted molar refractivity (Wildman–Crippen MR) is 102 cm³/mol. The predicted octanol–water partition coefficient (Wildman–Crippen LogP) is 3.98. The van der Waals surface area contributed by atoms with Crippen molar-refractivity contribution < 1.29 is 4.79 Å². The van der Waals surface area contributed by atoms with Crippen molar-refractivity contribution in [3.05, 3.63) is 76.7 Å². The van der Waals surface area contributed by atoms with Gasteiger partial charge in [0, 0.05) is 17.3 Å². The number of nitrogens with one attached hydrogen (secondary N) is 1. The number of aromatic nitrogens is 1. The second-order valence-electron chi connectivity index (χ2n) is 6.18. The summed E-state index contributed by atoms with van der Waals surface area (Å²) in [5, 5.41) is 4.35. The Morgan fingerprint density at radius 2 is 1.80 bits per heavy atom. The van der Waals surface area contributed by atoms with Gasteiger partial charge in [-0.15, -0.1) is 0 Å². The van der Waals surface area contributed by atoms with Gasteiger partial charge in [0.25, 0.3) is 5.56 Å². The lowest BCUT2D eigenvalue weighted by Crippen LogP contribution is -2.27. The Hall–Kier alpha value is -2.88. The van der Waals surface area contributed by atoms with E-state index in [4.69, 9.17) is 0 Å². The minimum Gasteiger partial charge on any atom is -0.325 e. The first-order valence-electron chi connectivity index (χ1n) is 8.64. The van der Waals surface area contributed by atoms with E-state index in [-0.39, 0.29) is 18.0 Å². The number of rotatable bonds is 6. The molecule has 3 rings (SSSR count). The molecule has 1 heterocycles. The van der Waals surface area contributed by atoms with Gasteiger partial charge in [-0.25, -0.2) is 0 Å². The van der Waals surface area contributed by atoms with E-state index in [0.29, 0.717) is 5.39 Å². The van der Waals surface area contributed by atoms with E-state index in [1.165, 1.54) is 16.6 Å². The van der Waals surface area contributed by atoms with E-state index in [2.05, 4.69) is 12.2 Å². The quantitative estimate of drug-likeness (QED) is 0.741. The van der Waals surface area contributed by atoms with Gasteiger partial charge in [0.05, 0.1) is 0 Å². The van der Waals surface area contributed by atoms with Gasteiger partial charge in [0.2, 0.25) is 5.91 Å². The van der Waals surface area contributed by atoms with Gasteiger partial charge in [-0.2, -0.15) is 0 Å². The van der Waals surface area contributed by atoms with E-state index < -0.39 is 0 Å². The molecule has 1 aromatic heterocycles. The van der Waals surface area contributed by atoms with Crippen molar-refractivity contribution in [3.63, 3.8) is 0 Å². The lowest BCUT2D eigenvalue weighted by atomic mass is 10.1. The molecule has 2 aromatic carbocycles. The molecule has 1 N–H and O–H groups in total. The summed E-state index contributed by atoms with van der Waals surface area (Å²) in [7, 11) is 0. The van der Waals surface area contributed by atoms with Gasteiger partial charge in [0.15, 0.2) is 0 Å². The van der Waals surface area contributed by atoms with Crippen LogP contribution >= 0.6 is 0 Å². The van der Waals surface area contributed by atoms with Crippen molar-refractivity contribution in [2.24, 2.45) is 0 Å². The standard InChI is InChI=1S/C21H22N2O2/c1-2-3-6-16-9-11-18(12-10-16)22-20(24)15-23-14-13-17-7-4-5-8-19(17)21(23)25/h4-5,7-14H,2-3,6,15H2,1H3,(H,22,24). The zero-order chi connectivity index (χ0) is 17.6. The van der Waals surface area contributed by atoms with E-state index in [1.807, 2.05) is 48.5 Å². The van der Waals surface area contributed by atoms with Crippen LogP contribution in [0.3, 0.4) is 0 Å². The molecule has 4 heteroatoms. The third kappa shape index (κ3) is 4.15. The molecule has 0 aliphatic heterocycles. The number of carbonyl (C=O) groups excluding carboxylic acids is 1. The van der Waals surface area contributed by atoms with E-state index >= 15 is 0 Å². The van der Waals surface area contributed by atoms with Crippen LogP contribution in [0, 0.1) is 0 Å². The first kappa shape index (κ1) is 17.0. The molecule has 4 nitrogen and oxygen atoms in total. The van der Waals surface area contributed by atoms with Crippen LogP contribution in [0.5, 0.6) is 0 Å². The average Bonchev–Trinajstić information content (AvgIpc) is 2.64. The number of fused-ring (bicyclic) bond motifs is 1. The molecule has 25 heavy (non-hydrogen) atoms. The molecule has 0 aliphatic rings. The molecular weight excluding hydrogens is 312 g/mol. The number of nitrogens with zero attached hydrogens (tertiary/aromatic N) is 1. The highest BCUT2D eigenvalue weighted by Gasteiger charge is 2.07. The topological polar surface area (TPSA) is 51.1 Å². The summed E-state index contributed by atoms with van der Waals surface area (Å²) in [6.45, 7) is 2.17. The number of hydrogen-bond donors (Lipinski definition) is 1. The van der Waals surface area contributed by atoms with Gasteiger partial charge < -0.3 is 9.88 Å². The van der Waals surface area contributed by atoms with Gasteiger partial charge in [0.1, 0.15) is 6.54 Å². The molecule has 0 fully saturated rings. The molecule has 0 unspecified atom stereocenters. The van der Waals surface area contributed by atoms with E-state index in [1.54, 1.807) is 12.3 Å². The molecule has 0 saturated heterocycles. The molecule has 0 aliphatic carbocycles. The number of carbonyl (C=O) groups is 1. The molecule has 0 saturated carbocycles. The Bertz CT molecular complexity index is 927. The van der Waals surface area contributed by atoms with Crippen LogP contribution in [-0.2, 0) is 17.8 Å². The Labute approximate surface area is 147 Å². The largest absolute Gasteiger partial charge is 0.325 e. The summed E-state index contributed by atoms with van der Waals surface area (Å²) in [5.41, 5.74) is 1.87. The van der Waals surface area contributed by atoms with Crippen molar-refractivity contribution >= 4 is 22.4 Å². The van der Waals surface area contributed by atoms with Crippen molar-refractivity contribution in [2.45, 2.75) is 32.7 Å². The Morgan fingerprint density at radius 1 is 1.04 bits per heavy atom. The minimum absolute atomic E-state index is 0.00124. The molecule has 1 amide bonds. The fraction of sp³-hybridized carbons (Fsp3) is 0.238. The molecular formula is C21H22N2O2. The van der Waals surface area contributed by atoms with Gasteiger partial charge in [-0.3, -0.25) is 9.59 Å². The number of anilines is 1. The van der Waals surface area contributed by atoms with Crippen molar-refractivity contribution in [1.82, 2.24) is 4.57 Å². The van der Waals surface area contributed by atoms with Crippen LogP contribution in [0.25, 0.3) is 10.8 Å². The van der Waals surface area contributed by atoms with Crippen LogP contribution in [0.1, 0.15) is 25.3 Å². The maximum atomic E-state index is 12.4. The third-order valence-corrected chi connectivity index (χ3v) is 4.26. The zero-order valence-corrected chi connectivity index (χ0v) is 14.4. The minimum atomic E-state index is -0.210. The lowest BCUT2D eigenvalue weighted by Gasteiger charge is -2.09. The summed E-state index contributed by atoms with van der Waals surface area (Å²) in [6.07, 6.45) is 5.05. The van der Waals surface area contributed by atoms with Crippen molar-refractivity contribution in [2.75, 3.05) is 5.32 Å². The summed E-state index contributed by atoms with van der Waals surface area (Å²) >= 11 is 0. The summed E-state index contributed by atoms with van der Waals surface area (Å²) in [6, 6.07) is 17.1. The van der Waals surface area contributed by atoms with Gasteiger partial charge in [-0.05, 0) is 48.1 Å². The van der Waals surface area contributed by atoms with Crippen LogP contribution in [0.2, 0.25) is 0 Å². The molecule has 0 radical (unpaired) electrons. The average molecular weight is 334 g/mol. The molecule has 0 spiro atoms. The maximum Gasteiger partial charge on any atom is 0.258 e. The first-order chi connectivity index (χ1) is 12.2. The summed E-state index contributed by atoms with van der Waals surface area (Å²) in [5.74, 6) is -0.210. The van der Waals surface area contributed by atoms with E-state index in [9.17, 15) is 9.59 Å². The van der Waals surface area contributed by atoms with Crippen LogP contribution < -0.4 is 10.9 Å². The Kier molecular flexibility index (Phi) is 5.29. The third-order valence-electron chi connectivity index (χ3n) is 4.26. The van der Waals surface area contributed by atoms with Crippen LogP contribution in [0.4, 0.5) is 5.69 Å².